The Kier molecular flexibility index (Phi) is 5.92. The van der Waals surface area contributed by atoms with Crippen molar-refractivity contribution in [2.45, 2.75) is 31.9 Å². The van der Waals surface area contributed by atoms with E-state index in [-0.39, 0.29) is 18.6 Å². The predicted molar refractivity (Wildman–Crippen MR) is 95.1 cm³/mol. The molecule has 1 amide bonds. The summed E-state index contributed by atoms with van der Waals surface area (Å²) in [5, 5.41) is 4.39. The molecule has 2 aliphatic heterocycles. The van der Waals surface area contributed by atoms with Gasteiger partial charge in [-0.15, -0.1) is 0 Å². The smallest absolute Gasteiger partial charge is 0.248 e. The molecule has 0 aliphatic carbocycles. The summed E-state index contributed by atoms with van der Waals surface area (Å²) in [5.41, 5.74) is 1.75. The molecule has 2 aliphatic rings. The van der Waals surface area contributed by atoms with Gasteiger partial charge in [-0.1, -0.05) is 0 Å². The zero-order valence-electron chi connectivity index (χ0n) is 14.7. The van der Waals surface area contributed by atoms with Gasteiger partial charge in [0, 0.05) is 20.6 Å². The number of thiophene rings is 1. The maximum atomic E-state index is 11.5. The topological polar surface area (TPSA) is 42.0 Å². The molecule has 24 heavy (non-hydrogen) atoms. The first-order valence-electron chi connectivity index (χ1n) is 8.69. The van der Waals surface area contributed by atoms with Crippen LogP contribution in [0.1, 0.15) is 24.8 Å². The van der Waals surface area contributed by atoms with Crippen molar-refractivity contribution in [3.63, 3.8) is 0 Å². The van der Waals surface area contributed by atoms with Gasteiger partial charge in [-0.3, -0.25) is 9.69 Å². The average Bonchev–Trinajstić information content (AvgIpc) is 3.20. The molecule has 0 radical (unpaired) electrons. The minimum Gasteiger partial charge on any atom is -0.375 e. The normalized spacial score (nSPS) is 23.7. The van der Waals surface area contributed by atoms with Crippen molar-refractivity contribution in [3.8, 4) is 0 Å². The highest BCUT2D eigenvalue weighted by molar-refractivity contribution is 7.07. The molecule has 2 saturated heterocycles. The Morgan fingerprint density at radius 2 is 2.25 bits per heavy atom. The molecule has 1 aromatic heterocycles. The number of hydrogen-bond donors (Lipinski definition) is 0. The van der Waals surface area contributed by atoms with Gasteiger partial charge in [0.05, 0.1) is 19.3 Å². The van der Waals surface area contributed by atoms with Gasteiger partial charge in [0.15, 0.2) is 0 Å². The van der Waals surface area contributed by atoms with E-state index in [2.05, 4.69) is 21.7 Å². The Balaban J connectivity index is 1.38. The van der Waals surface area contributed by atoms with E-state index in [0.29, 0.717) is 12.0 Å². The minimum atomic E-state index is 0.00412. The Morgan fingerprint density at radius 1 is 1.46 bits per heavy atom. The van der Waals surface area contributed by atoms with Crippen LogP contribution in [-0.2, 0) is 20.8 Å². The molecule has 5 nitrogen and oxygen atoms in total. The summed E-state index contributed by atoms with van der Waals surface area (Å²) in [6, 6.07) is 2.22. The number of rotatable bonds is 6. The van der Waals surface area contributed by atoms with Gasteiger partial charge in [0.25, 0.3) is 0 Å². The lowest BCUT2D eigenvalue weighted by atomic mass is 9.76. The third-order valence-electron chi connectivity index (χ3n) is 5.22. The Morgan fingerprint density at radius 3 is 2.92 bits per heavy atom. The predicted octanol–water partition coefficient (Wildman–Crippen LogP) is 2.22. The fraction of sp³-hybridized carbons (Fsp3) is 0.722. The second-order valence-electron chi connectivity index (χ2n) is 7.35. The third-order valence-corrected chi connectivity index (χ3v) is 5.95. The van der Waals surface area contributed by atoms with Gasteiger partial charge < -0.3 is 14.4 Å². The van der Waals surface area contributed by atoms with E-state index >= 15 is 0 Å². The molecule has 0 N–H and O–H groups in total. The van der Waals surface area contributed by atoms with E-state index in [1.165, 1.54) is 18.4 Å². The van der Waals surface area contributed by atoms with Crippen LogP contribution in [0.3, 0.4) is 0 Å². The van der Waals surface area contributed by atoms with Gasteiger partial charge in [0.2, 0.25) is 5.91 Å². The van der Waals surface area contributed by atoms with Crippen molar-refractivity contribution in [1.82, 2.24) is 9.80 Å². The third kappa shape index (κ3) is 4.57. The zero-order valence-corrected chi connectivity index (χ0v) is 15.5. The lowest BCUT2D eigenvalue weighted by Crippen LogP contribution is -2.40. The van der Waals surface area contributed by atoms with E-state index in [1.807, 2.05) is 0 Å². The van der Waals surface area contributed by atoms with Crippen molar-refractivity contribution in [2.24, 2.45) is 5.41 Å². The average molecular weight is 353 g/mol. The highest BCUT2D eigenvalue weighted by Crippen LogP contribution is 2.42. The van der Waals surface area contributed by atoms with Crippen molar-refractivity contribution in [2.75, 3.05) is 47.0 Å². The summed E-state index contributed by atoms with van der Waals surface area (Å²) < 4.78 is 11.5. The van der Waals surface area contributed by atoms with E-state index in [1.54, 1.807) is 30.3 Å². The number of likely N-dealkylation sites (N-methyl/N-ethyl adjacent to an activating group) is 1. The van der Waals surface area contributed by atoms with Crippen LogP contribution in [0.5, 0.6) is 0 Å². The number of likely N-dealkylation sites (tertiary alicyclic amines) is 1. The summed E-state index contributed by atoms with van der Waals surface area (Å²) in [4.78, 5) is 15.6. The van der Waals surface area contributed by atoms with Crippen molar-refractivity contribution >= 4 is 17.2 Å². The number of nitrogens with zero attached hydrogens (tertiary/aromatic N) is 2. The summed E-state index contributed by atoms with van der Waals surface area (Å²) in [7, 11) is 3.49. The first-order valence-corrected chi connectivity index (χ1v) is 9.64. The van der Waals surface area contributed by atoms with Crippen molar-refractivity contribution in [3.05, 3.63) is 22.4 Å². The summed E-state index contributed by atoms with van der Waals surface area (Å²) in [5.74, 6) is 0.00412. The molecule has 0 aromatic carbocycles. The summed E-state index contributed by atoms with van der Waals surface area (Å²) >= 11 is 1.77. The van der Waals surface area contributed by atoms with Gasteiger partial charge in [-0.2, -0.15) is 11.3 Å². The van der Waals surface area contributed by atoms with Crippen LogP contribution < -0.4 is 0 Å². The molecule has 6 heteroatoms. The number of hydrogen-bond acceptors (Lipinski definition) is 5. The molecule has 0 saturated carbocycles. The zero-order chi connectivity index (χ0) is 17.0. The van der Waals surface area contributed by atoms with Crippen molar-refractivity contribution in [1.29, 1.82) is 0 Å². The van der Waals surface area contributed by atoms with Crippen molar-refractivity contribution < 1.29 is 14.3 Å². The molecule has 3 heterocycles. The number of carbonyl (C=O) groups is 1. The first-order chi connectivity index (χ1) is 11.6. The maximum absolute atomic E-state index is 11.5. The van der Waals surface area contributed by atoms with E-state index < -0.39 is 0 Å². The number of ether oxygens (including phenoxy) is 2. The minimum absolute atomic E-state index is 0.00412. The largest absolute Gasteiger partial charge is 0.375 e. The summed E-state index contributed by atoms with van der Waals surface area (Å²) in [6.45, 7) is 4.88. The Labute approximate surface area is 148 Å². The highest BCUT2D eigenvalue weighted by Gasteiger charge is 2.42. The lowest BCUT2D eigenvalue weighted by Gasteiger charge is -2.38. The molecule has 1 aromatic rings. The second kappa shape index (κ2) is 7.95. The maximum Gasteiger partial charge on any atom is 0.248 e. The van der Waals surface area contributed by atoms with E-state index in [0.717, 1.165) is 32.7 Å². The molecular formula is C18H28N2O3S. The second-order valence-corrected chi connectivity index (χ2v) is 8.13. The van der Waals surface area contributed by atoms with Crippen LogP contribution >= 0.6 is 11.3 Å². The Hall–Kier alpha value is -0.950. The molecule has 0 unspecified atom stereocenters. The molecule has 2 fully saturated rings. The van der Waals surface area contributed by atoms with Gasteiger partial charge in [-0.25, -0.2) is 0 Å². The van der Waals surface area contributed by atoms with Crippen LogP contribution in [0.4, 0.5) is 0 Å². The quantitative estimate of drug-likeness (QED) is 0.787. The van der Waals surface area contributed by atoms with Crippen LogP contribution in [0.15, 0.2) is 16.8 Å². The SMILES string of the molecule is CN(C)C(=O)COC[C@@H]1CC2(CCN(Cc3ccsc3)CC2)CO1. The van der Waals surface area contributed by atoms with Gasteiger partial charge in [0.1, 0.15) is 6.61 Å². The number of carbonyl (C=O) groups excluding carboxylic acids is 1. The monoisotopic (exact) mass is 352 g/mol. The summed E-state index contributed by atoms with van der Waals surface area (Å²) in [6.07, 6.45) is 3.60. The highest BCUT2D eigenvalue weighted by atomic mass is 32.1. The molecule has 134 valence electrons. The standard InChI is InChI=1S/C18H28N2O3S/c1-19(2)17(21)12-22-11-16-9-18(14-23-16)4-6-20(7-5-18)10-15-3-8-24-13-15/h3,8,13,16H,4-7,9-12,14H2,1-2H3/t16-/m0/s1. The molecule has 1 atom stereocenters. The molecule has 1 spiro atoms. The first kappa shape index (κ1) is 17.9. The van der Waals surface area contributed by atoms with Gasteiger partial charge in [-0.05, 0) is 60.2 Å². The molecule has 3 rings (SSSR count). The fourth-order valence-electron chi connectivity index (χ4n) is 3.58. The van der Waals surface area contributed by atoms with Crippen LogP contribution in [0.2, 0.25) is 0 Å². The van der Waals surface area contributed by atoms with Crippen LogP contribution in [0.25, 0.3) is 0 Å². The Bertz CT molecular complexity index is 524. The molecule has 0 bridgehead atoms. The van der Waals surface area contributed by atoms with Crippen LogP contribution in [-0.4, -0.2) is 68.8 Å². The molecular weight excluding hydrogens is 324 g/mol. The van der Waals surface area contributed by atoms with E-state index in [4.69, 9.17) is 9.47 Å². The van der Waals surface area contributed by atoms with Gasteiger partial charge >= 0.3 is 0 Å². The fourth-order valence-corrected chi connectivity index (χ4v) is 4.24. The number of amides is 1. The van der Waals surface area contributed by atoms with Crippen LogP contribution in [0, 0.1) is 5.41 Å². The lowest BCUT2D eigenvalue weighted by molar-refractivity contribution is -0.134. The number of piperidine rings is 1. The van der Waals surface area contributed by atoms with E-state index in [9.17, 15) is 4.79 Å².